The van der Waals surface area contributed by atoms with E-state index in [0.717, 1.165) is 30.9 Å². The van der Waals surface area contributed by atoms with Gasteiger partial charge in [0.05, 0.1) is 22.2 Å². The van der Waals surface area contributed by atoms with Crippen LogP contribution in [-0.2, 0) is 13.0 Å². The summed E-state index contributed by atoms with van der Waals surface area (Å²) in [6, 6.07) is 0. The van der Waals surface area contributed by atoms with E-state index in [1.807, 2.05) is 0 Å². The second-order valence-electron chi connectivity index (χ2n) is 4.63. The fourth-order valence-corrected chi connectivity index (χ4v) is 3.11. The number of hydrogen-bond acceptors (Lipinski definition) is 4. The molecule has 0 unspecified atom stereocenters. The van der Waals surface area contributed by atoms with Crippen molar-refractivity contribution in [3.8, 4) is 0 Å². The van der Waals surface area contributed by atoms with Crippen molar-refractivity contribution in [1.29, 1.82) is 0 Å². The molecule has 4 heteroatoms. The molecule has 1 aliphatic rings. The molecular formula is C13H22N2OS. The maximum Gasteiger partial charge on any atom is 0.0944 e. The van der Waals surface area contributed by atoms with Crippen LogP contribution in [0.4, 0.5) is 0 Å². The first-order chi connectivity index (χ1) is 8.28. The molecule has 96 valence electrons. The zero-order chi connectivity index (χ0) is 12.3. The van der Waals surface area contributed by atoms with Crippen LogP contribution in [0.25, 0.3) is 0 Å². The number of aliphatic hydroxyl groups is 1. The number of nitrogens with zero attached hydrogens (tertiary/aromatic N) is 2. The van der Waals surface area contributed by atoms with E-state index in [-0.39, 0.29) is 6.61 Å². The van der Waals surface area contributed by atoms with Crippen LogP contribution in [0.5, 0.6) is 0 Å². The molecule has 3 nitrogen and oxygen atoms in total. The highest BCUT2D eigenvalue weighted by molar-refractivity contribution is 7.11. The number of rotatable bonds is 7. The molecule has 1 aromatic heterocycles. The van der Waals surface area contributed by atoms with Crippen LogP contribution in [0, 0.1) is 0 Å². The first-order valence-corrected chi connectivity index (χ1v) is 7.41. The average Bonchev–Trinajstić information content (AvgIpc) is 3.11. The topological polar surface area (TPSA) is 36.4 Å². The lowest BCUT2D eigenvalue weighted by Gasteiger charge is -2.16. The Morgan fingerprint density at radius 1 is 1.35 bits per heavy atom. The Balaban J connectivity index is 1.96. The SMILES string of the molecule is CCN(CC)CCc1nc(C2CC2)c(CO)s1. The molecule has 0 saturated heterocycles. The van der Waals surface area contributed by atoms with Crippen molar-refractivity contribution in [3.05, 3.63) is 15.6 Å². The number of aromatic nitrogens is 1. The average molecular weight is 254 g/mol. The molecule has 1 fully saturated rings. The van der Waals surface area contributed by atoms with Crippen molar-refractivity contribution >= 4 is 11.3 Å². The molecule has 0 aromatic carbocycles. The van der Waals surface area contributed by atoms with E-state index in [1.165, 1.54) is 23.5 Å². The molecule has 2 rings (SSSR count). The second kappa shape index (κ2) is 5.94. The first kappa shape index (κ1) is 13.0. The molecule has 0 atom stereocenters. The van der Waals surface area contributed by atoms with Gasteiger partial charge in [0.25, 0.3) is 0 Å². The van der Waals surface area contributed by atoms with Crippen molar-refractivity contribution < 1.29 is 5.11 Å². The summed E-state index contributed by atoms with van der Waals surface area (Å²) in [6.07, 6.45) is 3.53. The predicted octanol–water partition coefficient (Wildman–Crippen LogP) is 2.40. The maximum absolute atomic E-state index is 9.34. The molecule has 1 aliphatic carbocycles. The number of thiazole rings is 1. The summed E-state index contributed by atoms with van der Waals surface area (Å²) < 4.78 is 0. The van der Waals surface area contributed by atoms with Crippen LogP contribution in [0.2, 0.25) is 0 Å². The summed E-state index contributed by atoms with van der Waals surface area (Å²) in [5.74, 6) is 0.649. The van der Waals surface area contributed by atoms with E-state index in [2.05, 4.69) is 18.7 Å². The predicted molar refractivity (Wildman–Crippen MR) is 71.5 cm³/mol. The van der Waals surface area contributed by atoms with Crippen molar-refractivity contribution in [2.75, 3.05) is 19.6 Å². The van der Waals surface area contributed by atoms with Crippen LogP contribution in [0.1, 0.15) is 48.2 Å². The van der Waals surface area contributed by atoms with Gasteiger partial charge >= 0.3 is 0 Å². The molecule has 1 heterocycles. The monoisotopic (exact) mass is 254 g/mol. The van der Waals surface area contributed by atoms with Gasteiger partial charge in [-0.15, -0.1) is 11.3 Å². The number of aliphatic hydroxyl groups excluding tert-OH is 1. The van der Waals surface area contributed by atoms with Crippen LogP contribution >= 0.6 is 11.3 Å². The van der Waals surface area contributed by atoms with Gasteiger partial charge in [-0.3, -0.25) is 0 Å². The zero-order valence-corrected chi connectivity index (χ0v) is 11.6. The minimum Gasteiger partial charge on any atom is -0.391 e. The highest BCUT2D eigenvalue weighted by atomic mass is 32.1. The van der Waals surface area contributed by atoms with Gasteiger partial charge in [0.2, 0.25) is 0 Å². The Morgan fingerprint density at radius 3 is 2.59 bits per heavy atom. The smallest absolute Gasteiger partial charge is 0.0944 e. The van der Waals surface area contributed by atoms with Crippen LogP contribution in [0.15, 0.2) is 0 Å². The van der Waals surface area contributed by atoms with Gasteiger partial charge in [-0.05, 0) is 25.9 Å². The summed E-state index contributed by atoms with van der Waals surface area (Å²) in [5, 5.41) is 10.5. The minimum atomic E-state index is 0.161. The normalized spacial score (nSPS) is 15.8. The van der Waals surface area contributed by atoms with Gasteiger partial charge < -0.3 is 10.0 Å². The van der Waals surface area contributed by atoms with Gasteiger partial charge in [0.1, 0.15) is 0 Å². The highest BCUT2D eigenvalue weighted by Gasteiger charge is 2.29. The molecule has 1 N–H and O–H groups in total. The second-order valence-corrected chi connectivity index (χ2v) is 5.79. The van der Waals surface area contributed by atoms with Gasteiger partial charge in [-0.25, -0.2) is 4.98 Å². The van der Waals surface area contributed by atoms with Gasteiger partial charge in [0, 0.05) is 18.9 Å². The van der Waals surface area contributed by atoms with Crippen molar-refractivity contribution in [3.63, 3.8) is 0 Å². The number of hydrogen-bond donors (Lipinski definition) is 1. The van der Waals surface area contributed by atoms with E-state index in [9.17, 15) is 5.11 Å². The zero-order valence-electron chi connectivity index (χ0n) is 10.8. The third-order valence-corrected chi connectivity index (χ3v) is 4.53. The Bertz CT molecular complexity index is 356. The molecule has 0 aliphatic heterocycles. The third kappa shape index (κ3) is 3.27. The summed E-state index contributed by atoms with van der Waals surface area (Å²) in [6.45, 7) is 7.83. The van der Waals surface area contributed by atoms with Crippen molar-refractivity contribution in [1.82, 2.24) is 9.88 Å². The van der Waals surface area contributed by atoms with Crippen molar-refractivity contribution in [2.24, 2.45) is 0 Å². The van der Waals surface area contributed by atoms with Crippen LogP contribution in [-0.4, -0.2) is 34.6 Å². The quantitative estimate of drug-likeness (QED) is 0.811. The van der Waals surface area contributed by atoms with Gasteiger partial charge in [-0.2, -0.15) is 0 Å². The molecule has 0 radical (unpaired) electrons. The minimum absolute atomic E-state index is 0.161. The summed E-state index contributed by atoms with van der Waals surface area (Å²) in [7, 11) is 0. The van der Waals surface area contributed by atoms with E-state index in [4.69, 9.17) is 4.98 Å². The van der Waals surface area contributed by atoms with E-state index in [0.29, 0.717) is 5.92 Å². The Kier molecular flexibility index (Phi) is 4.54. The molecule has 0 amide bonds. The molecule has 1 aromatic rings. The third-order valence-electron chi connectivity index (χ3n) is 3.42. The first-order valence-electron chi connectivity index (χ1n) is 6.60. The fourth-order valence-electron chi connectivity index (χ4n) is 2.10. The standard InChI is InChI=1S/C13H22N2OS/c1-3-15(4-2)8-7-12-14-13(10-5-6-10)11(9-16)17-12/h10,16H,3-9H2,1-2H3. The largest absolute Gasteiger partial charge is 0.391 e. The van der Waals surface area contributed by atoms with Gasteiger partial charge in [-0.1, -0.05) is 13.8 Å². The number of likely N-dealkylation sites (N-methyl/N-ethyl adjacent to an activating group) is 1. The van der Waals surface area contributed by atoms with Crippen molar-refractivity contribution in [2.45, 2.75) is 45.6 Å². The summed E-state index contributed by atoms with van der Waals surface area (Å²) in [5.41, 5.74) is 1.19. The van der Waals surface area contributed by atoms with Crippen LogP contribution < -0.4 is 0 Å². The lowest BCUT2D eigenvalue weighted by atomic mass is 10.2. The molecule has 0 bridgehead atoms. The lowest BCUT2D eigenvalue weighted by Crippen LogP contribution is -2.25. The Morgan fingerprint density at radius 2 is 2.06 bits per heavy atom. The summed E-state index contributed by atoms with van der Waals surface area (Å²) >= 11 is 1.70. The Labute approximate surface area is 107 Å². The van der Waals surface area contributed by atoms with Gasteiger partial charge in [0.15, 0.2) is 0 Å². The summed E-state index contributed by atoms with van der Waals surface area (Å²) in [4.78, 5) is 8.23. The van der Waals surface area contributed by atoms with E-state index >= 15 is 0 Å². The Hall–Kier alpha value is -0.450. The molecule has 17 heavy (non-hydrogen) atoms. The maximum atomic E-state index is 9.34. The fraction of sp³-hybridized carbons (Fsp3) is 0.769. The molecular weight excluding hydrogens is 232 g/mol. The molecule has 1 saturated carbocycles. The molecule has 0 spiro atoms. The lowest BCUT2D eigenvalue weighted by molar-refractivity contribution is 0.284. The van der Waals surface area contributed by atoms with E-state index in [1.54, 1.807) is 11.3 Å². The van der Waals surface area contributed by atoms with Crippen LogP contribution in [0.3, 0.4) is 0 Å². The van der Waals surface area contributed by atoms with E-state index < -0.39 is 0 Å². The highest BCUT2D eigenvalue weighted by Crippen LogP contribution is 2.42.